The molecule has 1 heterocycles. The molecule has 1 saturated heterocycles. The average Bonchev–Trinajstić information content (AvgIpc) is 2.76. The van der Waals surface area contributed by atoms with Crippen molar-refractivity contribution in [1.29, 1.82) is 0 Å². The summed E-state index contributed by atoms with van der Waals surface area (Å²) in [5.41, 5.74) is 2.98. The molecule has 5 heteroatoms. The number of rotatable bonds is 3. The number of aliphatic hydroxyl groups is 1. The molecule has 20 heavy (non-hydrogen) atoms. The van der Waals surface area contributed by atoms with Gasteiger partial charge in [0.05, 0.1) is 12.5 Å². The Hall–Kier alpha value is -1.88. The maximum atomic E-state index is 12.3. The summed E-state index contributed by atoms with van der Waals surface area (Å²) in [6.07, 6.45) is -0.476. The highest BCUT2D eigenvalue weighted by Gasteiger charge is 2.38. The van der Waals surface area contributed by atoms with Gasteiger partial charge in [0.25, 0.3) is 0 Å². The van der Waals surface area contributed by atoms with E-state index in [0.717, 1.165) is 16.7 Å². The molecule has 2 rings (SSSR count). The first-order valence-corrected chi connectivity index (χ1v) is 6.65. The molecule has 5 nitrogen and oxygen atoms in total. The highest BCUT2D eigenvalue weighted by Crippen LogP contribution is 2.20. The van der Waals surface area contributed by atoms with E-state index in [1.165, 1.54) is 4.90 Å². The van der Waals surface area contributed by atoms with Crippen molar-refractivity contribution in [2.24, 2.45) is 0 Å². The Balaban J connectivity index is 2.15. The van der Waals surface area contributed by atoms with E-state index in [1.807, 2.05) is 32.0 Å². The minimum Gasteiger partial charge on any atom is -0.480 e. The molecule has 1 amide bonds. The highest BCUT2D eigenvalue weighted by molar-refractivity contribution is 5.86. The van der Waals surface area contributed by atoms with E-state index >= 15 is 0 Å². The molecular formula is C15H19NO4. The quantitative estimate of drug-likeness (QED) is 0.860. The average molecular weight is 277 g/mol. The van der Waals surface area contributed by atoms with Crippen LogP contribution in [0, 0.1) is 13.8 Å². The van der Waals surface area contributed by atoms with Gasteiger partial charge in [-0.1, -0.05) is 23.8 Å². The van der Waals surface area contributed by atoms with Gasteiger partial charge in [0.1, 0.15) is 6.04 Å². The first kappa shape index (κ1) is 14.5. The molecular weight excluding hydrogens is 258 g/mol. The van der Waals surface area contributed by atoms with Gasteiger partial charge < -0.3 is 15.1 Å². The van der Waals surface area contributed by atoms with Gasteiger partial charge in [-0.05, 0) is 25.0 Å². The minimum absolute atomic E-state index is 0.0979. The van der Waals surface area contributed by atoms with Crippen molar-refractivity contribution in [2.75, 3.05) is 6.54 Å². The van der Waals surface area contributed by atoms with Gasteiger partial charge in [0.2, 0.25) is 5.91 Å². The van der Waals surface area contributed by atoms with E-state index in [2.05, 4.69) is 0 Å². The van der Waals surface area contributed by atoms with Crippen LogP contribution in [0.15, 0.2) is 18.2 Å². The lowest BCUT2D eigenvalue weighted by atomic mass is 10.0. The Kier molecular flexibility index (Phi) is 4.09. The van der Waals surface area contributed by atoms with Crippen LogP contribution in [0.2, 0.25) is 0 Å². The molecule has 1 aliphatic rings. The van der Waals surface area contributed by atoms with Crippen LogP contribution < -0.4 is 0 Å². The molecule has 0 aromatic heterocycles. The van der Waals surface area contributed by atoms with Crippen molar-refractivity contribution in [3.63, 3.8) is 0 Å². The standard InChI is InChI=1S/C15H19NO4/c1-9-3-4-10(2)11(5-9)6-14(18)16-8-12(17)7-13(16)15(19)20/h3-5,12-13,17H,6-8H2,1-2H3,(H,19,20)/t12-,13+/m1/s1. The van der Waals surface area contributed by atoms with Crippen LogP contribution >= 0.6 is 0 Å². The predicted octanol–water partition coefficient (Wildman–Crippen LogP) is 0.892. The molecule has 2 atom stereocenters. The first-order chi connectivity index (χ1) is 9.38. The highest BCUT2D eigenvalue weighted by atomic mass is 16.4. The van der Waals surface area contributed by atoms with Gasteiger partial charge in [-0.3, -0.25) is 4.79 Å². The fourth-order valence-corrected chi connectivity index (χ4v) is 2.58. The summed E-state index contributed by atoms with van der Waals surface area (Å²) in [6.45, 7) is 3.98. The Morgan fingerprint density at radius 1 is 1.35 bits per heavy atom. The van der Waals surface area contributed by atoms with Gasteiger partial charge in [0, 0.05) is 13.0 Å². The third kappa shape index (κ3) is 2.99. The second kappa shape index (κ2) is 5.63. The van der Waals surface area contributed by atoms with Gasteiger partial charge in [0.15, 0.2) is 0 Å². The fourth-order valence-electron chi connectivity index (χ4n) is 2.58. The third-order valence-corrected chi connectivity index (χ3v) is 3.73. The van der Waals surface area contributed by atoms with Crippen LogP contribution in [0.3, 0.4) is 0 Å². The van der Waals surface area contributed by atoms with Crippen LogP contribution in [-0.2, 0) is 16.0 Å². The normalized spacial score (nSPS) is 22.1. The van der Waals surface area contributed by atoms with Gasteiger partial charge in [-0.2, -0.15) is 0 Å². The van der Waals surface area contributed by atoms with Crippen molar-refractivity contribution in [3.05, 3.63) is 34.9 Å². The number of β-amino-alcohol motifs (C(OH)–C–C–N with tert-alkyl or cyclic N) is 1. The number of carbonyl (C=O) groups is 2. The lowest BCUT2D eigenvalue weighted by molar-refractivity contribution is -0.148. The maximum absolute atomic E-state index is 12.3. The van der Waals surface area contributed by atoms with Crippen molar-refractivity contribution in [3.8, 4) is 0 Å². The van der Waals surface area contributed by atoms with E-state index in [9.17, 15) is 14.7 Å². The monoisotopic (exact) mass is 277 g/mol. The van der Waals surface area contributed by atoms with Crippen molar-refractivity contribution < 1.29 is 19.8 Å². The number of hydrogen-bond acceptors (Lipinski definition) is 3. The number of amides is 1. The van der Waals surface area contributed by atoms with Crippen LogP contribution in [0.1, 0.15) is 23.1 Å². The predicted molar refractivity (Wildman–Crippen MR) is 73.4 cm³/mol. The number of nitrogens with zero attached hydrogens (tertiary/aromatic N) is 1. The first-order valence-electron chi connectivity index (χ1n) is 6.65. The molecule has 1 fully saturated rings. The number of carbonyl (C=O) groups excluding carboxylic acids is 1. The van der Waals surface area contributed by atoms with Gasteiger partial charge in [-0.25, -0.2) is 4.79 Å². The zero-order valence-corrected chi connectivity index (χ0v) is 11.7. The molecule has 2 N–H and O–H groups in total. The van der Waals surface area contributed by atoms with E-state index in [0.29, 0.717) is 0 Å². The van der Waals surface area contributed by atoms with E-state index in [4.69, 9.17) is 5.11 Å². The van der Waals surface area contributed by atoms with E-state index in [1.54, 1.807) is 0 Å². The third-order valence-electron chi connectivity index (χ3n) is 3.73. The van der Waals surface area contributed by atoms with Crippen LogP contribution in [0.25, 0.3) is 0 Å². The van der Waals surface area contributed by atoms with E-state index in [-0.39, 0.29) is 25.3 Å². The number of aliphatic carboxylic acids is 1. The molecule has 1 aliphatic heterocycles. The fraction of sp³-hybridized carbons (Fsp3) is 0.467. The number of hydrogen-bond donors (Lipinski definition) is 2. The second-order valence-electron chi connectivity index (χ2n) is 5.40. The zero-order chi connectivity index (χ0) is 14.9. The number of benzene rings is 1. The summed E-state index contributed by atoms with van der Waals surface area (Å²) in [6, 6.07) is 4.95. The van der Waals surface area contributed by atoms with Crippen molar-refractivity contribution in [1.82, 2.24) is 4.90 Å². The molecule has 0 saturated carbocycles. The Labute approximate surface area is 117 Å². The van der Waals surface area contributed by atoms with Crippen molar-refractivity contribution in [2.45, 2.75) is 38.8 Å². The molecule has 1 aromatic carbocycles. The number of aryl methyl sites for hydroxylation is 2. The summed E-state index contributed by atoms with van der Waals surface area (Å²) in [5, 5.41) is 18.7. The smallest absolute Gasteiger partial charge is 0.326 e. The van der Waals surface area contributed by atoms with E-state index < -0.39 is 18.1 Å². The van der Waals surface area contributed by atoms with Crippen LogP contribution in [0.4, 0.5) is 0 Å². The molecule has 0 bridgehead atoms. The summed E-state index contributed by atoms with van der Waals surface area (Å²) in [7, 11) is 0. The molecule has 0 unspecified atom stereocenters. The van der Waals surface area contributed by atoms with Gasteiger partial charge in [-0.15, -0.1) is 0 Å². The lowest BCUT2D eigenvalue weighted by Gasteiger charge is -2.21. The molecule has 108 valence electrons. The number of carboxylic acid groups (broad SMARTS) is 1. The SMILES string of the molecule is Cc1ccc(C)c(CC(=O)N2C[C@H](O)C[C@H]2C(=O)O)c1. The lowest BCUT2D eigenvalue weighted by Crippen LogP contribution is -2.41. The molecule has 0 spiro atoms. The number of carboxylic acids is 1. The summed E-state index contributed by atoms with van der Waals surface area (Å²) in [4.78, 5) is 24.7. The maximum Gasteiger partial charge on any atom is 0.326 e. The molecule has 1 aromatic rings. The van der Waals surface area contributed by atoms with Crippen LogP contribution in [-0.4, -0.2) is 45.7 Å². The summed E-state index contributed by atoms with van der Waals surface area (Å²) < 4.78 is 0. The topological polar surface area (TPSA) is 77.8 Å². The zero-order valence-electron chi connectivity index (χ0n) is 11.7. The van der Waals surface area contributed by atoms with Crippen LogP contribution in [0.5, 0.6) is 0 Å². The number of aliphatic hydroxyl groups excluding tert-OH is 1. The minimum atomic E-state index is -1.06. The Bertz CT molecular complexity index is 541. The second-order valence-corrected chi connectivity index (χ2v) is 5.40. The Morgan fingerprint density at radius 3 is 2.70 bits per heavy atom. The van der Waals surface area contributed by atoms with Gasteiger partial charge >= 0.3 is 5.97 Å². The Morgan fingerprint density at radius 2 is 2.05 bits per heavy atom. The molecule has 0 radical (unpaired) electrons. The summed E-state index contributed by atoms with van der Waals surface area (Å²) >= 11 is 0. The number of likely N-dealkylation sites (tertiary alicyclic amines) is 1. The largest absolute Gasteiger partial charge is 0.480 e. The molecule has 0 aliphatic carbocycles. The summed E-state index contributed by atoms with van der Waals surface area (Å²) in [5.74, 6) is -1.31. The van der Waals surface area contributed by atoms with Crippen molar-refractivity contribution >= 4 is 11.9 Å².